The zero-order chi connectivity index (χ0) is 15.2. The van der Waals surface area contributed by atoms with Crippen LogP contribution in [0.25, 0.3) is 0 Å². The lowest BCUT2D eigenvalue weighted by atomic mass is 10.0. The minimum atomic E-state index is -0.0744. The number of nitrogens with one attached hydrogen (secondary N) is 1. The number of thioether (sulfide) groups is 1. The number of hydrogen-bond donors (Lipinski definition) is 1. The van der Waals surface area contributed by atoms with Crippen molar-refractivity contribution in [1.82, 2.24) is 10.2 Å². The Balaban J connectivity index is 1.93. The van der Waals surface area contributed by atoms with E-state index >= 15 is 0 Å². The first-order valence-corrected chi connectivity index (χ1v) is 8.32. The third-order valence-corrected chi connectivity index (χ3v) is 4.88. The van der Waals surface area contributed by atoms with Crippen LogP contribution in [0, 0.1) is 13.8 Å². The summed E-state index contributed by atoms with van der Waals surface area (Å²) in [6.45, 7) is 7.76. The zero-order valence-corrected chi connectivity index (χ0v) is 13.7. The smallest absolute Gasteiger partial charge is 0.230 e. The van der Waals surface area contributed by atoms with Crippen molar-refractivity contribution >= 4 is 34.1 Å². The molecular formula is C15H17N3OS2. The van der Waals surface area contributed by atoms with E-state index < -0.39 is 0 Å². The van der Waals surface area contributed by atoms with Crippen molar-refractivity contribution in [2.45, 2.75) is 24.6 Å². The van der Waals surface area contributed by atoms with E-state index in [-0.39, 0.29) is 5.91 Å². The predicted molar refractivity (Wildman–Crippen MR) is 89.1 cm³/mol. The molecule has 1 aromatic carbocycles. The van der Waals surface area contributed by atoms with E-state index in [9.17, 15) is 4.79 Å². The van der Waals surface area contributed by atoms with Crippen molar-refractivity contribution in [2.75, 3.05) is 11.1 Å². The van der Waals surface area contributed by atoms with E-state index in [2.05, 4.69) is 29.0 Å². The van der Waals surface area contributed by atoms with E-state index in [1.54, 1.807) is 11.8 Å². The molecule has 0 spiro atoms. The van der Waals surface area contributed by atoms with Gasteiger partial charge in [-0.15, -0.1) is 16.8 Å². The van der Waals surface area contributed by atoms with Crippen molar-refractivity contribution in [3.05, 3.63) is 47.5 Å². The highest BCUT2D eigenvalue weighted by Gasteiger charge is 2.09. The summed E-state index contributed by atoms with van der Waals surface area (Å²) in [6.07, 6.45) is 2.15. The fourth-order valence-electron chi connectivity index (χ4n) is 1.71. The van der Waals surface area contributed by atoms with E-state index in [1.807, 2.05) is 31.2 Å². The molecule has 0 bridgehead atoms. The molecule has 4 nitrogen and oxygen atoms in total. The summed E-state index contributed by atoms with van der Waals surface area (Å²) in [4.78, 5) is 12.0. The van der Waals surface area contributed by atoms with Gasteiger partial charge >= 0.3 is 0 Å². The van der Waals surface area contributed by atoms with Gasteiger partial charge in [0.2, 0.25) is 11.0 Å². The van der Waals surface area contributed by atoms with E-state index in [0.717, 1.165) is 15.7 Å². The Labute approximate surface area is 132 Å². The molecule has 6 heteroatoms. The van der Waals surface area contributed by atoms with Gasteiger partial charge in [-0.2, -0.15) is 0 Å². The van der Waals surface area contributed by atoms with Crippen LogP contribution in [0.15, 0.2) is 35.2 Å². The third kappa shape index (κ3) is 4.68. The van der Waals surface area contributed by atoms with Gasteiger partial charge in [0.05, 0.1) is 6.42 Å². The average molecular weight is 319 g/mol. The summed E-state index contributed by atoms with van der Waals surface area (Å²) < 4.78 is 0.830. The topological polar surface area (TPSA) is 54.9 Å². The number of nitrogens with zero attached hydrogens (tertiary/aromatic N) is 2. The molecule has 2 rings (SSSR count). The molecular weight excluding hydrogens is 302 g/mol. The number of aromatic nitrogens is 2. The molecule has 0 saturated carbocycles. The Morgan fingerprint density at radius 1 is 1.38 bits per heavy atom. The molecule has 1 aromatic heterocycles. The fraction of sp³-hybridized carbons (Fsp3) is 0.267. The normalized spacial score (nSPS) is 10.4. The molecule has 0 atom stereocenters. The van der Waals surface area contributed by atoms with Crippen LogP contribution in [-0.2, 0) is 11.2 Å². The largest absolute Gasteiger partial charge is 0.300 e. The maximum atomic E-state index is 12.0. The second-order valence-electron chi connectivity index (χ2n) is 4.62. The van der Waals surface area contributed by atoms with Crippen LogP contribution in [0.3, 0.4) is 0 Å². The summed E-state index contributed by atoms with van der Waals surface area (Å²) in [5.41, 5.74) is 3.42. The molecule has 0 unspecified atom stereocenters. The quantitative estimate of drug-likeness (QED) is 0.502. The van der Waals surface area contributed by atoms with Crippen molar-refractivity contribution in [2.24, 2.45) is 0 Å². The van der Waals surface area contributed by atoms with Crippen molar-refractivity contribution in [3.8, 4) is 0 Å². The summed E-state index contributed by atoms with van der Waals surface area (Å²) in [5.74, 6) is 0.709. The molecule has 2 aromatic rings. The number of anilines is 1. The zero-order valence-electron chi connectivity index (χ0n) is 12.0. The van der Waals surface area contributed by atoms with E-state index in [0.29, 0.717) is 11.6 Å². The van der Waals surface area contributed by atoms with Crippen LogP contribution < -0.4 is 5.32 Å². The first kappa shape index (κ1) is 15.7. The number of aryl methyl sites for hydroxylation is 2. The van der Waals surface area contributed by atoms with Crippen LogP contribution in [0.5, 0.6) is 0 Å². The minimum absolute atomic E-state index is 0.0744. The highest BCUT2D eigenvalue weighted by Crippen LogP contribution is 2.25. The molecule has 0 radical (unpaired) electrons. The molecule has 0 aliphatic rings. The van der Waals surface area contributed by atoms with Crippen LogP contribution in [0.2, 0.25) is 0 Å². The van der Waals surface area contributed by atoms with Crippen LogP contribution >= 0.6 is 23.1 Å². The van der Waals surface area contributed by atoms with Gasteiger partial charge in [-0.05, 0) is 30.5 Å². The lowest BCUT2D eigenvalue weighted by Gasteiger charge is -2.05. The maximum Gasteiger partial charge on any atom is 0.230 e. The van der Waals surface area contributed by atoms with Crippen molar-refractivity contribution < 1.29 is 4.79 Å². The highest BCUT2D eigenvalue weighted by molar-refractivity contribution is 8.01. The van der Waals surface area contributed by atoms with Crippen LogP contribution in [-0.4, -0.2) is 21.9 Å². The second-order valence-corrected chi connectivity index (χ2v) is 6.86. The molecule has 1 heterocycles. The molecule has 0 saturated heterocycles. The predicted octanol–water partition coefficient (Wildman–Crippen LogP) is 3.61. The Morgan fingerprint density at radius 2 is 2.19 bits per heavy atom. The molecule has 1 amide bonds. The lowest BCUT2D eigenvalue weighted by Crippen LogP contribution is -2.14. The van der Waals surface area contributed by atoms with Crippen molar-refractivity contribution in [3.63, 3.8) is 0 Å². The first-order valence-electron chi connectivity index (χ1n) is 6.51. The Morgan fingerprint density at radius 3 is 2.90 bits per heavy atom. The SMILES string of the molecule is C=CCSc1nnc(NC(=O)Cc2ccc(C)c(C)c2)s1. The van der Waals surface area contributed by atoms with Crippen molar-refractivity contribution in [1.29, 1.82) is 0 Å². The first-order chi connectivity index (χ1) is 10.1. The number of hydrogen-bond acceptors (Lipinski definition) is 5. The van der Waals surface area contributed by atoms with Gasteiger partial charge in [0, 0.05) is 5.75 Å². The molecule has 21 heavy (non-hydrogen) atoms. The molecule has 0 aliphatic carbocycles. The number of benzene rings is 1. The van der Waals surface area contributed by atoms with Gasteiger partial charge in [-0.3, -0.25) is 4.79 Å². The number of carbonyl (C=O) groups excluding carboxylic acids is 1. The second kappa shape index (κ2) is 7.38. The monoisotopic (exact) mass is 319 g/mol. The standard InChI is InChI=1S/C15H17N3OS2/c1-4-7-20-15-18-17-14(21-15)16-13(19)9-12-6-5-10(2)11(3)8-12/h4-6,8H,1,7,9H2,2-3H3,(H,16,17,19). The van der Waals surface area contributed by atoms with Gasteiger partial charge in [-0.1, -0.05) is 47.4 Å². The maximum absolute atomic E-state index is 12.0. The number of amides is 1. The average Bonchev–Trinajstić information content (AvgIpc) is 2.88. The lowest BCUT2D eigenvalue weighted by molar-refractivity contribution is -0.115. The van der Waals surface area contributed by atoms with Gasteiger partial charge in [0.1, 0.15) is 0 Å². The summed E-state index contributed by atoms with van der Waals surface area (Å²) in [5, 5.41) is 11.3. The summed E-state index contributed by atoms with van der Waals surface area (Å²) in [7, 11) is 0. The Bertz CT molecular complexity index is 652. The van der Waals surface area contributed by atoms with Gasteiger partial charge in [0.25, 0.3) is 0 Å². The van der Waals surface area contributed by atoms with Gasteiger partial charge in [-0.25, -0.2) is 0 Å². The highest BCUT2D eigenvalue weighted by atomic mass is 32.2. The summed E-state index contributed by atoms with van der Waals surface area (Å²) in [6, 6.07) is 6.06. The molecule has 0 aliphatic heterocycles. The van der Waals surface area contributed by atoms with Crippen LogP contribution in [0.4, 0.5) is 5.13 Å². The van der Waals surface area contributed by atoms with Gasteiger partial charge in [0.15, 0.2) is 4.34 Å². The molecule has 1 N–H and O–H groups in total. The number of carbonyl (C=O) groups is 1. The van der Waals surface area contributed by atoms with Crippen LogP contribution in [0.1, 0.15) is 16.7 Å². The van der Waals surface area contributed by atoms with Gasteiger partial charge < -0.3 is 5.32 Å². The summed E-state index contributed by atoms with van der Waals surface area (Å²) >= 11 is 2.93. The third-order valence-electron chi connectivity index (χ3n) is 2.91. The molecule has 0 fully saturated rings. The number of rotatable bonds is 6. The van der Waals surface area contributed by atoms with E-state index in [4.69, 9.17) is 0 Å². The minimum Gasteiger partial charge on any atom is -0.300 e. The Hall–Kier alpha value is -1.66. The Kier molecular flexibility index (Phi) is 5.52. The molecule has 110 valence electrons. The fourth-order valence-corrected chi connectivity index (χ4v) is 3.24. The van der Waals surface area contributed by atoms with E-state index in [1.165, 1.54) is 22.5 Å².